The summed E-state index contributed by atoms with van der Waals surface area (Å²) in [6.45, 7) is -0.00121. The lowest BCUT2D eigenvalue weighted by Crippen LogP contribution is -2.51. The van der Waals surface area contributed by atoms with Gasteiger partial charge < -0.3 is 9.73 Å². The number of hydrogen-bond acceptors (Lipinski definition) is 6. The minimum atomic E-state index is -4.91. The zero-order valence-corrected chi connectivity index (χ0v) is 19.5. The van der Waals surface area contributed by atoms with E-state index in [0.29, 0.717) is 23.5 Å². The van der Waals surface area contributed by atoms with Crippen molar-refractivity contribution in [1.82, 2.24) is 19.8 Å². The average Bonchev–Trinajstić information content (AvgIpc) is 3.34. The monoisotopic (exact) mass is 553 g/mol. The van der Waals surface area contributed by atoms with E-state index in [1.807, 2.05) is 0 Å². The Kier molecular flexibility index (Phi) is 7.18. The number of halogens is 7. The molecule has 37 heavy (non-hydrogen) atoms. The largest absolute Gasteiger partial charge is 0.470 e. The van der Waals surface area contributed by atoms with E-state index in [0.717, 1.165) is 40.7 Å². The van der Waals surface area contributed by atoms with Gasteiger partial charge in [0.05, 0.1) is 17.8 Å². The van der Waals surface area contributed by atoms with E-state index in [1.54, 1.807) is 0 Å². The number of nitrogens with zero attached hydrogens (tertiary/aromatic N) is 4. The Labute approximate surface area is 205 Å². The zero-order valence-electron chi connectivity index (χ0n) is 18.6. The van der Waals surface area contributed by atoms with E-state index >= 15 is 4.39 Å². The maximum atomic E-state index is 15.0. The maximum absolute atomic E-state index is 15.0. The van der Waals surface area contributed by atoms with Gasteiger partial charge in [0.15, 0.2) is 0 Å². The minimum absolute atomic E-state index is 0.0396. The van der Waals surface area contributed by atoms with Crippen molar-refractivity contribution in [2.24, 2.45) is 0 Å². The highest BCUT2D eigenvalue weighted by Gasteiger charge is 2.38. The molecule has 0 unspecified atom stereocenters. The Morgan fingerprint density at radius 1 is 0.973 bits per heavy atom. The van der Waals surface area contributed by atoms with Crippen LogP contribution in [0.2, 0.25) is 0 Å². The molecule has 2 aromatic carbocycles. The predicted octanol–water partition coefficient (Wildman–Crippen LogP) is 4.07. The molecule has 1 fully saturated rings. The normalized spacial score (nSPS) is 15.6. The van der Waals surface area contributed by atoms with Crippen LogP contribution < -0.4 is 9.62 Å². The van der Waals surface area contributed by atoms with Gasteiger partial charge in [0.25, 0.3) is 0 Å². The molecule has 0 aliphatic carbocycles. The van der Waals surface area contributed by atoms with Crippen LogP contribution in [0.4, 0.5) is 36.4 Å². The Bertz CT molecular complexity index is 1370. The van der Waals surface area contributed by atoms with Crippen LogP contribution in [0.1, 0.15) is 17.0 Å². The fourth-order valence-electron chi connectivity index (χ4n) is 3.58. The van der Waals surface area contributed by atoms with E-state index in [4.69, 9.17) is 0 Å². The van der Waals surface area contributed by atoms with E-state index in [9.17, 15) is 34.8 Å². The van der Waals surface area contributed by atoms with Crippen LogP contribution in [-0.2, 0) is 29.1 Å². The minimum Gasteiger partial charge on any atom is -0.413 e. The van der Waals surface area contributed by atoms with Crippen LogP contribution in [0.15, 0.2) is 46.9 Å². The van der Waals surface area contributed by atoms with Gasteiger partial charge in [-0.15, -0.1) is 10.2 Å². The molecule has 4 rings (SSSR count). The fraction of sp³-hybridized carbons (Fsp3) is 0.333. The van der Waals surface area contributed by atoms with Crippen LogP contribution in [0.3, 0.4) is 0 Å². The summed E-state index contributed by atoms with van der Waals surface area (Å²) in [4.78, 5) is 0. The van der Waals surface area contributed by atoms with E-state index < -0.39 is 52.3 Å². The molecule has 0 spiro atoms. The van der Waals surface area contributed by atoms with Crippen molar-refractivity contribution in [3.05, 3.63) is 65.3 Å². The summed E-state index contributed by atoms with van der Waals surface area (Å²) in [5, 5.41) is 9.06. The highest BCUT2D eigenvalue weighted by molar-refractivity contribution is 7.90. The number of aromatic nitrogens is 2. The molecule has 1 N–H and O–H groups in total. The van der Waals surface area contributed by atoms with Crippen LogP contribution in [0.5, 0.6) is 0 Å². The Morgan fingerprint density at radius 2 is 1.68 bits per heavy atom. The number of nitrogens with one attached hydrogen (secondary N) is 1. The number of benzene rings is 2. The van der Waals surface area contributed by atoms with Gasteiger partial charge in [-0.1, -0.05) is 12.1 Å². The molecule has 0 saturated carbocycles. The summed E-state index contributed by atoms with van der Waals surface area (Å²) in [5.74, 6) is -3.30. The first-order chi connectivity index (χ1) is 17.3. The Morgan fingerprint density at radius 3 is 2.27 bits per heavy atom. The third kappa shape index (κ3) is 5.86. The molecule has 1 aliphatic heterocycles. The lowest BCUT2D eigenvalue weighted by Gasteiger charge is -2.34. The third-order valence-electron chi connectivity index (χ3n) is 5.42. The number of piperazine rings is 1. The highest BCUT2D eigenvalue weighted by Crippen LogP contribution is 2.34. The smallest absolute Gasteiger partial charge is 0.413 e. The average molecular weight is 553 g/mol. The second-order valence-electron chi connectivity index (χ2n) is 7.93. The van der Waals surface area contributed by atoms with E-state index in [2.05, 4.69) is 19.9 Å². The summed E-state index contributed by atoms with van der Waals surface area (Å²) >= 11 is 0. The standard InChI is InChI=1S/C21H18F7N5O3S/c22-17-10-13(18-30-31-19(36-18)21(26,27)28)4-5-14(17)12-33(37(34,35)32-8-6-29-7-9-32)16-3-1-2-15(11-16)20(23,24)25/h1-5,10-11,29H,6-9,12H2. The summed E-state index contributed by atoms with van der Waals surface area (Å²) < 4.78 is 126. The quantitative estimate of drug-likeness (QED) is 0.463. The van der Waals surface area contributed by atoms with Crippen LogP contribution in [-0.4, -0.2) is 49.1 Å². The molecule has 1 aliphatic rings. The molecule has 3 aromatic rings. The number of rotatable bonds is 6. The van der Waals surface area contributed by atoms with Gasteiger partial charge in [0.2, 0.25) is 5.89 Å². The number of anilines is 1. The van der Waals surface area contributed by atoms with Gasteiger partial charge in [0, 0.05) is 37.3 Å². The van der Waals surface area contributed by atoms with E-state index in [-0.39, 0.29) is 29.9 Å². The SMILES string of the molecule is O=S(=O)(N1CCNCC1)N(Cc1ccc(-c2nnc(C(F)(F)F)o2)cc1F)c1cccc(C(F)(F)F)c1. The number of hydrogen-bond donors (Lipinski definition) is 1. The molecule has 200 valence electrons. The molecular weight excluding hydrogens is 535 g/mol. The fourth-order valence-corrected chi connectivity index (χ4v) is 5.18. The second-order valence-corrected chi connectivity index (χ2v) is 9.78. The Hall–Kier alpha value is -3.24. The summed E-state index contributed by atoms with van der Waals surface area (Å²) in [6.07, 6.45) is -9.67. The van der Waals surface area contributed by atoms with Crippen molar-refractivity contribution >= 4 is 15.9 Å². The van der Waals surface area contributed by atoms with Gasteiger partial charge in [-0.3, -0.25) is 4.31 Å². The van der Waals surface area contributed by atoms with Gasteiger partial charge in [0.1, 0.15) is 5.82 Å². The van der Waals surface area contributed by atoms with E-state index in [1.165, 1.54) is 0 Å². The molecular formula is C21H18F7N5O3S. The third-order valence-corrected chi connectivity index (χ3v) is 7.34. The summed E-state index contributed by atoms with van der Waals surface area (Å²) in [6, 6.07) is 6.58. The van der Waals surface area contributed by atoms with Crippen LogP contribution >= 0.6 is 0 Å². The first kappa shape index (κ1) is 26.8. The van der Waals surface area contributed by atoms with Gasteiger partial charge >= 0.3 is 28.5 Å². The summed E-state index contributed by atoms with van der Waals surface area (Å²) in [5.41, 5.74) is -1.91. The lowest BCUT2D eigenvalue weighted by atomic mass is 10.1. The molecule has 2 heterocycles. The van der Waals surface area contributed by atoms with Crippen molar-refractivity contribution in [3.63, 3.8) is 0 Å². The van der Waals surface area contributed by atoms with Gasteiger partial charge in [-0.2, -0.15) is 39.1 Å². The molecule has 0 radical (unpaired) electrons. The molecule has 0 amide bonds. The Balaban J connectivity index is 1.71. The molecule has 1 aromatic heterocycles. The number of alkyl halides is 6. The topological polar surface area (TPSA) is 91.6 Å². The summed E-state index contributed by atoms with van der Waals surface area (Å²) in [7, 11) is -4.40. The van der Waals surface area contributed by atoms with Crippen molar-refractivity contribution in [1.29, 1.82) is 0 Å². The first-order valence-electron chi connectivity index (χ1n) is 10.6. The van der Waals surface area contributed by atoms with Crippen molar-refractivity contribution in [2.45, 2.75) is 18.9 Å². The highest BCUT2D eigenvalue weighted by atomic mass is 32.2. The van der Waals surface area contributed by atoms with Crippen molar-refractivity contribution < 1.29 is 43.6 Å². The molecule has 8 nitrogen and oxygen atoms in total. The van der Waals surface area contributed by atoms with Crippen LogP contribution in [0.25, 0.3) is 11.5 Å². The molecule has 1 saturated heterocycles. The van der Waals surface area contributed by atoms with Crippen molar-refractivity contribution in [3.8, 4) is 11.5 Å². The maximum Gasteiger partial charge on any atom is 0.470 e. The zero-order chi connectivity index (χ0) is 27.0. The van der Waals surface area contributed by atoms with Crippen molar-refractivity contribution in [2.75, 3.05) is 30.5 Å². The van der Waals surface area contributed by atoms with Gasteiger partial charge in [-0.05, 0) is 30.3 Å². The molecule has 16 heteroatoms. The molecule has 0 bridgehead atoms. The van der Waals surface area contributed by atoms with Gasteiger partial charge in [-0.25, -0.2) is 4.39 Å². The van der Waals surface area contributed by atoms with Crippen LogP contribution in [0, 0.1) is 5.82 Å². The first-order valence-corrected chi connectivity index (χ1v) is 12.0. The second kappa shape index (κ2) is 9.90. The lowest BCUT2D eigenvalue weighted by molar-refractivity contribution is -0.157. The molecule has 0 atom stereocenters. The predicted molar refractivity (Wildman–Crippen MR) is 116 cm³/mol.